The predicted octanol–water partition coefficient (Wildman–Crippen LogP) is 2.71. The maximum atomic E-state index is 13.1. The average molecular weight is 340 g/mol. The molecule has 0 aromatic heterocycles. The van der Waals surface area contributed by atoms with Crippen molar-refractivity contribution in [1.82, 2.24) is 0 Å². The van der Waals surface area contributed by atoms with Crippen LogP contribution in [-0.4, -0.2) is 49.6 Å². The molecule has 0 aliphatic heterocycles. The molecule has 0 spiro atoms. The Labute approximate surface area is 121 Å². The first-order chi connectivity index (χ1) is 9.30. The molecule has 0 saturated heterocycles. The summed E-state index contributed by atoms with van der Waals surface area (Å²) in [5.41, 5.74) is 0. The van der Waals surface area contributed by atoms with Gasteiger partial charge in [-0.3, -0.25) is 4.55 Å². The molecule has 0 aliphatic carbocycles. The van der Waals surface area contributed by atoms with E-state index in [0.717, 1.165) is 13.8 Å². The van der Waals surface area contributed by atoms with Crippen molar-refractivity contribution in [3.8, 4) is 0 Å². The molecule has 2 unspecified atom stereocenters. The van der Waals surface area contributed by atoms with E-state index in [9.17, 15) is 26.0 Å². The maximum Gasteiger partial charge on any atom is 0.394 e. The second kappa shape index (κ2) is 7.70. The first-order valence-electron chi connectivity index (χ1n) is 6.26. The van der Waals surface area contributed by atoms with E-state index in [1.54, 1.807) is 0 Å². The van der Waals surface area contributed by atoms with Crippen molar-refractivity contribution >= 4 is 10.1 Å². The highest BCUT2D eigenvalue weighted by molar-refractivity contribution is 7.86. The predicted molar refractivity (Wildman–Crippen MR) is 67.2 cm³/mol. The van der Waals surface area contributed by atoms with Crippen LogP contribution in [0, 0.1) is 0 Å². The molecule has 0 fully saturated rings. The summed E-state index contributed by atoms with van der Waals surface area (Å²) < 4.78 is 90.3. The third kappa shape index (κ3) is 6.90. The van der Waals surface area contributed by atoms with E-state index >= 15 is 0 Å². The van der Waals surface area contributed by atoms with E-state index < -0.39 is 33.5 Å². The van der Waals surface area contributed by atoms with Crippen molar-refractivity contribution in [2.75, 3.05) is 13.2 Å². The van der Waals surface area contributed by atoms with Gasteiger partial charge in [-0.05, 0) is 26.7 Å². The van der Waals surface area contributed by atoms with Crippen LogP contribution in [-0.2, 0) is 19.6 Å². The van der Waals surface area contributed by atoms with Crippen molar-refractivity contribution in [1.29, 1.82) is 0 Å². The van der Waals surface area contributed by atoms with Gasteiger partial charge in [0.05, 0.1) is 0 Å². The fourth-order valence-electron chi connectivity index (χ4n) is 1.18. The molecule has 10 heteroatoms. The second-order valence-electron chi connectivity index (χ2n) is 4.73. The summed E-state index contributed by atoms with van der Waals surface area (Å²) in [6.07, 6.45) is -2.79. The Morgan fingerprint density at radius 1 is 1.00 bits per heavy atom. The first kappa shape index (κ1) is 20.6. The third-order valence-corrected chi connectivity index (χ3v) is 3.83. The molecule has 0 aliphatic rings. The van der Waals surface area contributed by atoms with Gasteiger partial charge < -0.3 is 9.47 Å². The van der Waals surface area contributed by atoms with E-state index in [4.69, 9.17) is 9.29 Å². The lowest BCUT2D eigenvalue weighted by Crippen LogP contribution is -2.41. The van der Waals surface area contributed by atoms with Gasteiger partial charge in [0, 0.05) is 20.1 Å². The fraction of sp³-hybridized carbons (Fsp3) is 1.00. The Hall–Kier alpha value is -0.450. The lowest BCUT2D eigenvalue weighted by Gasteiger charge is -2.21. The van der Waals surface area contributed by atoms with Gasteiger partial charge in [-0.25, -0.2) is 8.78 Å². The Bertz CT molecular complexity index is 407. The van der Waals surface area contributed by atoms with Gasteiger partial charge in [-0.2, -0.15) is 17.2 Å². The van der Waals surface area contributed by atoms with Gasteiger partial charge in [-0.1, -0.05) is 0 Å². The molecule has 0 radical (unpaired) electrons. The smallest absolute Gasteiger partial charge is 0.372 e. The molecular weight excluding hydrogens is 320 g/mol. The highest BCUT2D eigenvalue weighted by Gasteiger charge is 2.50. The second-order valence-corrected chi connectivity index (χ2v) is 6.22. The first-order valence-corrected chi connectivity index (χ1v) is 7.70. The van der Waals surface area contributed by atoms with E-state index in [0.29, 0.717) is 0 Å². The Morgan fingerprint density at radius 2 is 1.38 bits per heavy atom. The lowest BCUT2D eigenvalue weighted by molar-refractivity contribution is -0.118. The third-order valence-electron chi connectivity index (χ3n) is 2.81. The minimum atomic E-state index is -5.54. The minimum Gasteiger partial charge on any atom is -0.372 e. The molecular formula is C11H20F4O5S. The molecule has 2 atom stereocenters. The Kier molecular flexibility index (Phi) is 7.54. The van der Waals surface area contributed by atoms with Crippen LogP contribution in [0.25, 0.3) is 0 Å². The Morgan fingerprint density at radius 3 is 1.71 bits per heavy atom. The molecule has 5 nitrogen and oxygen atoms in total. The van der Waals surface area contributed by atoms with E-state index in [1.807, 2.05) is 0 Å². The van der Waals surface area contributed by atoms with Crippen LogP contribution in [0.5, 0.6) is 0 Å². The standard InChI is InChI=1S/C11H20F4O5S/c1-8(10(3,12)13)19-6-4-5-7-20-9(2)11(14,15)21(16,17)18/h8-9H,4-7H2,1-3H3,(H,16,17,18). The molecule has 0 aromatic carbocycles. The fourth-order valence-corrected chi connectivity index (χ4v) is 1.66. The van der Waals surface area contributed by atoms with E-state index in [1.165, 1.54) is 6.92 Å². The number of halogens is 4. The molecule has 0 bridgehead atoms. The van der Waals surface area contributed by atoms with Crippen molar-refractivity contribution in [3.05, 3.63) is 0 Å². The van der Waals surface area contributed by atoms with Crippen molar-refractivity contribution in [2.24, 2.45) is 0 Å². The van der Waals surface area contributed by atoms with Crippen LogP contribution in [0.3, 0.4) is 0 Å². The summed E-state index contributed by atoms with van der Waals surface area (Å²) >= 11 is 0. The van der Waals surface area contributed by atoms with Gasteiger partial charge in [-0.15, -0.1) is 0 Å². The zero-order chi connectivity index (χ0) is 16.9. The quantitative estimate of drug-likeness (QED) is 0.376. The van der Waals surface area contributed by atoms with Crippen LogP contribution in [0.15, 0.2) is 0 Å². The molecule has 1 N–H and O–H groups in total. The summed E-state index contributed by atoms with van der Waals surface area (Å²) in [5.74, 6) is -2.97. The molecule has 0 heterocycles. The number of ether oxygens (including phenoxy) is 2. The summed E-state index contributed by atoms with van der Waals surface area (Å²) in [7, 11) is -5.54. The minimum absolute atomic E-state index is 0.00295. The molecule has 128 valence electrons. The maximum absolute atomic E-state index is 13.1. The zero-order valence-electron chi connectivity index (χ0n) is 12.0. The molecule has 21 heavy (non-hydrogen) atoms. The Balaban J connectivity index is 3.93. The van der Waals surface area contributed by atoms with Crippen molar-refractivity contribution in [2.45, 2.75) is 57.0 Å². The monoisotopic (exact) mass is 340 g/mol. The van der Waals surface area contributed by atoms with Crippen LogP contribution in [0.1, 0.15) is 33.6 Å². The molecule has 0 saturated carbocycles. The van der Waals surface area contributed by atoms with E-state index in [2.05, 4.69) is 4.74 Å². The van der Waals surface area contributed by atoms with Crippen LogP contribution < -0.4 is 0 Å². The number of unbranched alkanes of at least 4 members (excludes halogenated alkanes) is 1. The van der Waals surface area contributed by atoms with Crippen LogP contribution >= 0.6 is 0 Å². The van der Waals surface area contributed by atoms with Crippen LogP contribution in [0.4, 0.5) is 17.6 Å². The highest BCUT2D eigenvalue weighted by atomic mass is 32.2. The summed E-state index contributed by atoms with van der Waals surface area (Å²) in [6.45, 7) is 2.53. The number of rotatable bonds is 10. The number of hydrogen-bond donors (Lipinski definition) is 1. The van der Waals surface area contributed by atoms with Gasteiger partial charge in [0.15, 0.2) is 0 Å². The summed E-state index contributed by atoms with van der Waals surface area (Å²) in [4.78, 5) is 0. The van der Waals surface area contributed by atoms with E-state index in [-0.39, 0.29) is 26.1 Å². The topological polar surface area (TPSA) is 72.8 Å². The van der Waals surface area contributed by atoms with Gasteiger partial charge in [0.1, 0.15) is 12.2 Å². The average Bonchev–Trinajstić information content (AvgIpc) is 2.30. The van der Waals surface area contributed by atoms with Gasteiger partial charge >= 0.3 is 15.4 Å². The molecule has 0 amide bonds. The number of hydrogen-bond acceptors (Lipinski definition) is 4. The molecule has 0 aromatic rings. The SMILES string of the molecule is CC(OCCCCOC(C)C(F)(F)S(=O)(=O)O)C(C)(F)F. The molecule has 0 rings (SSSR count). The van der Waals surface area contributed by atoms with Gasteiger partial charge in [0.25, 0.3) is 5.92 Å². The van der Waals surface area contributed by atoms with Gasteiger partial charge in [0.2, 0.25) is 0 Å². The number of alkyl halides is 4. The van der Waals surface area contributed by atoms with Crippen molar-refractivity contribution < 1.29 is 40.0 Å². The highest BCUT2D eigenvalue weighted by Crippen LogP contribution is 2.27. The van der Waals surface area contributed by atoms with Crippen molar-refractivity contribution in [3.63, 3.8) is 0 Å². The lowest BCUT2D eigenvalue weighted by atomic mass is 10.2. The summed E-state index contributed by atoms with van der Waals surface area (Å²) in [6, 6.07) is 0. The largest absolute Gasteiger partial charge is 0.394 e. The normalized spacial score (nSPS) is 16.8. The zero-order valence-corrected chi connectivity index (χ0v) is 12.8. The van der Waals surface area contributed by atoms with Crippen LogP contribution in [0.2, 0.25) is 0 Å². The summed E-state index contributed by atoms with van der Waals surface area (Å²) in [5, 5.41) is -4.40.